The molecule has 0 bridgehead atoms. The first-order valence-corrected chi connectivity index (χ1v) is 9.75. The number of hydrogen-bond acceptors (Lipinski definition) is 5. The van der Waals surface area contributed by atoms with Crippen LogP contribution >= 0.6 is 0 Å². The lowest BCUT2D eigenvalue weighted by Gasteiger charge is -2.01. The first-order chi connectivity index (χ1) is 16.0. The smallest absolute Gasteiger partial charge is 0.338 e. The van der Waals surface area contributed by atoms with Crippen LogP contribution in [0.15, 0.2) is 121 Å². The van der Waals surface area contributed by atoms with Crippen LogP contribution < -0.4 is 4.74 Å². The van der Waals surface area contributed by atoms with E-state index in [1.165, 1.54) is 0 Å². The van der Waals surface area contributed by atoms with Crippen LogP contribution in [0.5, 0.6) is 5.75 Å². The van der Waals surface area contributed by atoms with Gasteiger partial charge in [0.15, 0.2) is 0 Å². The first-order valence-electron chi connectivity index (χ1n) is 9.75. The highest BCUT2D eigenvalue weighted by molar-refractivity contribution is 5.88. The molecule has 0 aromatic heterocycles. The minimum Gasteiger partial charge on any atom is -0.423 e. The summed E-state index contributed by atoms with van der Waals surface area (Å²) in [6.07, 6.45) is 0. The van der Waals surface area contributed by atoms with Crippen molar-refractivity contribution in [2.75, 3.05) is 26.4 Å². The fraction of sp³-hybridized carbons (Fsp3) is 0.250. The van der Waals surface area contributed by atoms with Crippen LogP contribution in [0.2, 0.25) is 0 Å². The summed E-state index contributed by atoms with van der Waals surface area (Å²) in [7, 11) is 0. The predicted octanol–water partition coefficient (Wildman–Crippen LogP) is 7.00. The van der Waals surface area contributed by atoms with Gasteiger partial charge < -0.3 is 19.7 Å². The Bertz CT molecular complexity index is 427. The van der Waals surface area contributed by atoms with E-state index >= 15 is 0 Å². The monoisotopic (exact) mass is 466 g/mol. The zero-order valence-electron chi connectivity index (χ0n) is 21.5. The van der Waals surface area contributed by atoms with Crippen molar-refractivity contribution < 1.29 is 24.5 Å². The topological polar surface area (TPSA) is 76.0 Å². The number of benzene rings is 1. The molecule has 0 unspecified atom stereocenters. The van der Waals surface area contributed by atoms with Crippen LogP contribution in [0.25, 0.3) is 0 Å². The summed E-state index contributed by atoms with van der Waals surface area (Å²) in [6, 6.07) is 8.92. The molecule has 0 radical (unpaired) electrons. The summed E-state index contributed by atoms with van der Waals surface area (Å²) < 4.78 is 9.77. The molecule has 1 aromatic rings. The lowest BCUT2D eigenvalue weighted by molar-refractivity contribution is -0.130. The number of carbonyl (C=O) groups excluding carboxylic acids is 1. The van der Waals surface area contributed by atoms with Crippen molar-refractivity contribution in [3.05, 3.63) is 121 Å². The SMILES string of the molecule is C=C.C=C.C=C.C=C.C=C.C=C.C=C(C)C(=O)Oc1ccccc1.CCOCC.OCCO. The standard InChI is InChI=1S/C10H10O2.C4H10O.C2H6O2.6C2H4/c1-8(2)10(11)12-9-6-4-3-5-7-9;1-3-5-4-2;3-1-2-4;6*1-2/h3-7H,1H2,2H3;3-4H2,1-2H3;3-4H,1-2H2;6*1-2H2. The second-order valence-electron chi connectivity index (χ2n) is 3.71. The maximum atomic E-state index is 11.0. The number of para-hydroxylation sites is 1. The summed E-state index contributed by atoms with van der Waals surface area (Å²) in [6.45, 7) is 46.5. The van der Waals surface area contributed by atoms with Gasteiger partial charge in [-0.2, -0.15) is 0 Å². The zero-order chi connectivity index (χ0) is 28.5. The average Bonchev–Trinajstić information content (AvgIpc) is 2.92. The van der Waals surface area contributed by atoms with Gasteiger partial charge in [-0.15, -0.1) is 78.9 Å². The lowest BCUT2D eigenvalue weighted by Crippen LogP contribution is -2.07. The quantitative estimate of drug-likeness (QED) is 0.211. The van der Waals surface area contributed by atoms with Gasteiger partial charge in [-0.25, -0.2) is 4.79 Å². The van der Waals surface area contributed by atoms with Gasteiger partial charge in [0.25, 0.3) is 0 Å². The van der Waals surface area contributed by atoms with Crippen molar-refractivity contribution in [1.29, 1.82) is 0 Å². The van der Waals surface area contributed by atoms with Crippen LogP contribution in [0.3, 0.4) is 0 Å². The van der Waals surface area contributed by atoms with Gasteiger partial charge in [0.1, 0.15) is 5.75 Å². The Morgan fingerprint density at radius 1 is 0.727 bits per heavy atom. The summed E-state index contributed by atoms with van der Waals surface area (Å²) in [4.78, 5) is 11.0. The van der Waals surface area contributed by atoms with E-state index in [0.717, 1.165) is 13.2 Å². The third kappa shape index (κ3) is 82.9. The molecule has 0 saturated heterocycles. The van der Waals surface area contributed by atoms with Crippen molar-refractivity contribution in [2.45, 2.75) is 20.8 Å². The average molecular weight is 467 g/mol. The fourth-order valence-electron chi connectivity index (χ4n) is 0.887. The van der Waals surface area contributed by atoms with Crippen LogP contribution in [0, 0.1) is 0 Å². The third-order valence-electron chi connectivity index (χ3n) is 1.81. The number of rotatable bonds is 5. The van der Waals surface area contributed by atoms with Crippen LogP contribution in [-0.4, -0.2) is 42.6 Å². The molecule has 0 aliphatic rings. The molecule has 192 valence electrons. The zero-order valence-corrected chi connectivity index (χ0v) is 21.5. The molecule has 0 fully saturated rings. The van der Waals surface area contributed by atoms with E-state index in [0.29, 0.717) is 11.3 Å². The number of esters is 1. The second kappa shape index (κ2) is 78.9. The van der Waals surface area contributed by atoms with E-state index in [9.17, 15) is 4.79 Å². The Labute approximate surface area is 205 Å². The van der Waals surface area contributed by atoms with Gasteiger partial charge in [0, 0.05) is 18.8 Å². The van der Waals surface area contributed by atoms with Gasteiger partial charge in [0.05, 0.1) is 13.2 Å². The van der Waals surface area contributed by atoms with Gasteiger partial charge in [-0.1, -0.05) is 24.8 Å². The highest BCUT2D eigenvalue weighted by Crippen LogP contribution is 2.09. The van der Waals surface area contributed by atoms with Crippen molar-refractivity contribution in [3.63, 3.8) is 0 Å². The van der Waals surface area contributed by atoms with E-state index in [2.05, 4.69) is 85.5 Å². The normalized spacial score (nSPS) is 6.21. The van der Waals surface area contributed by atoms with E-state index in [1.54, 1.807) is 31.2 Å². The molecule has 2 N–H and O–H groups in total. The molecule has 33 heavy (non-hydrogen) atoms. The van der Waals surface area contributed by atoms with Crippen LogP contribution in [0.4, 0.5) is 0 Å². The first kappa shape index (κ1) is 52.0. The number of hydrogen-bond donors (Lipinski definition) is 2. The highest BCUT2D eigenvalue weighted by atomic mass is 16.5. The van der Waals surface area contributed by atoms with Crippen LogP contribution in [0.1, 0.15) is 20.8 Å². The Kier molecular flexibility index (Phi) is 124. The molecular formula is C28H50O5. The molecule has 0 aliphatic carbocycles. The van der Waals surface area contributed by atoms with E-state index in [1.807, 2.05) is 19.9 Å². The molecular weight excluding hydrogens is 416 g/mol. The van der Waals surface area contributed by atoms with Gasteiger partial charge in [-0.3, -0.25) is 0 Å². The molecule has 0 saturated carbocycles. The third-order valence-corrected chi connectivity index (χ3v) is 1.81. The summed E-state index contributed by atoms with van der Waals surface area (Å²) >= 11 is 0. The van der Waals surface area contributed by atoms with Crippen molar-refractivity contribution in [1.82, 2.24) is 0 Å². The lowest BCUT2D eigenvalue weighted by atomic mass is 10.3. The van der Waals surface area contributed by atoms with E-state index < -0.39 is 0 Å². The minimum absolute atomic E-state index is 0.125. The number of ether oxygens (including phenoxy) is 2. The summed E-state index contributed by atoms with van der Waals surface area (Å²) in [5.74, 6) is 0.159. The van der Waals surface area contributed by atoms with E-state index in [4.69, 9.17) is 19.7 Å². The fourth-order valence-corrected chi connectivity index (χ4v) is 0.887. The van der Waals surface area contributed by atoms with Crippen LogP contribution in [-0.2, 0) is 9.53 Å². The molecule has 0 atom stereocenters. The Balaban J connectivity index is -0.0000000421. The van der Waals surface area contributed by atoms with E-state index in [-0.39, 0.29) is 19.2 Å². The minimum atomic E-state index is -0.388. The number of aliphatic hydroxyl groups excluding tert-OH is 2. The molecule has 5 nitrogen and oxygen atoms in total. The van der Waals surface area contributed by atoms with Crippen molar-refractivity contribution in [3.8, 4) is 5.75 Å². The Morgan fingerprint density at radius 3 is 1.21 bits per heavy atom. The van der Waals surface area contributed by atoms with Crippen molar-refractivity contribution >= 4 is 5.97 Å². The molecule has 5 heteroatoms. The molecule has 0 heterocycles. The molecule has 1 rings (SSSR count). The predicted molar refractivity (Wildman–Crippen MR) is 151 cm³/mol. The van der Waals surface area contributed by atoms with Gasteiger partial charge in [0.2, 0.25) is 0 Å². The largest absolute Gasteiger partial charge is 0.423 e. The maximum Gasteiger partial charge on any atom is 0.338 e. The summed E-state index contributed by atoms with van der Waals surface area (Å²) in [5, 5.41) is 15.2. The molecule has 0 spiro atoms. The number of carbonyl (C=O) groups is 1. The molecule has 1 aromatic carbocycles. The Hall–Kier alpha value is -3.25. The molecule has 0 aliphatic heterocycles. The highest BCUT2D eigenvalue weighted by Gasteiger charge is 2.03. The van der Waals surface area contributed by atoms with Gasteiger partial charge >= 0.3 is 5.97 Å². The van der Waals surface area contributed by atoms with Gasteiger partial charge in [-0.05, 0) is 32.9 Å². The maximum absolute atomic E-state index is 11.0. The van der Waals surface area contributed by atoms with Crippen molar-refractivity contribution in [2.24, 2.45) is 0 Å². The summed E-state index contributed by atoms with van der Waals surface area (Å²) in [5.41, 5.74) is 0.402. The molecule has 0 amide bonds. The number of aliphatic hydroxyl groups is 2. The Morgan fingerprint density at radius 2 is 1.03 bits per heavy atom. The second-order valence-corrected chi connectivity index (χ2v) is 3.71.